The Kier molecular flexibility index (Phi) is 4.90. The zero-order valence-corrected chi connectivity index (χ0v) is 12.0. The molecule has 1 heterocycles. The van der Waals surface area contributed by atoms with E-state index >= 15 is 0 Å². The minimum Gasteiger partial charge on any atom is -0.328 e. The van der Waals surface area contributed by atoms with Crippen LogP contribution in [0.2, 0.25) is 0 Å². The molecule has 2 rings (SSSR count). The van der Waals surface area contributed by atoms with Crippen LogP contribution < -0.4 is 0 Å². The molecule has 0 bridgehead atoms. The van der Waals surface area contributed by atoms with Crippen molar-refractivity contribution >= 4 is 29.5 Å². The summed E-state index contributed by atoms with van der Waals surface area (Å²) in [6.45, 7) is 11.8. The number of rotatable bonds is 2. The minimum atomic E-state index is 0.933. The van der Waals surface area contributed by atoms with E-state index in [9.17, 15) is 0 Å². The summed E-state index contributed by atoms with van der Waals surface area (Å²) in [4.78, 5) is 4.13. The molecule has 1 aromatic heterocycles. The van der Waals surface area contributed by atoms with Crippen molar-refractivity contribution in [1.29, 1.82) is 0 Å². The standard InChI is InChI=1S/C14H16N2.C2H6/c1-5-7-11-13-10(2)8-6-9-12(13)16(4)14(11)15-3;1-2/h5-9H,3H2,1-2,4H3;1-2H3/b7-5-;. The molecule has 2 heteroatoms. The molecule has 2 aromatic rings. The number of aliphatic imine (C=N–C) groups is 1. The second kappa shape index (κ2) is 6.20. The molecule has 0 spiro atoms. The Labute approximate surface area is 110 Å². The molecule has 0 amide bonds. The van der Waals surface area contributed by atoms with E-state index in [2.05, 4.69) is 47.5 Å². The molecule has 0 atom stereocenters. The van der Waals surface area contributed by atoms with Crippen LogP contribution in [0.4, 0.5) is 5.82 Å². The lowest BCUT2D eigenvalue weighted by Crippen LogP contribution is -1.85. The Morgan fingerprint density at radius 1 is 1.28 bits per heavy atom. The van der Waals surface area contributed by atoms with Crippen molar-refractivity contribution in [2.75, 3.05) is 0 Å². The number of fused-ring (bicyclic) bond motifs is 1. The van der Waals surface area contributed by atoms with Crippen molar-refractivity contribution in [2.45, 2.75) is 27.7 Å². The van der Waals surface area contributed by atoms with Crippen LogP contribution >= 0.6 is 0 Å². The van der Waals surface area contributed by atoms with Crippen molar-refractivity contribution in [2.24, 2.45) is 12.0 Å². The highest BCUT2D eigenvalue weighted by Crippen LogP contribution is 2.34. The SMILES string of the molecule is C=Nc1c(/C=C\C)c2c(C)cccc2n1C.CC. The lowest BCUT2D eigenvalue weighted by molar-refractivity contribution is 0.965. The lowest BCUT2D eigenvalue weighted by atomic mass is 10.1. The van der Waals surface area contributed by atoms with E-state index < -0.39 is 0 Å². The quantitative estimate of drug-likeness (QED) is 0.668. The molecule has 0 fully saturated rings. The second-order valence-corrected chi connectivity index (χ2v) is 3.92. The van der Waals surface area contributed by atoms with E-state index in [-0.39, 0.29) is 0 Å². The summed E-state index contributed by atoms with van der Waals surface area (Å²) >= 11 is 0. The normalized spacial score (nSPS) is 10.5. The van der Waals surface area contributed by atoms with Crippen molar-refractivity contribution in [3.05, 3.63) is 35.4 Å². The number of hydrogen-bond acceptors (Lipinski definition) is 1. The Balaban J connectivity index is 0.000000771. The molecule has 0 saturated heterocycles. The molecule has 0 aliphatic rings. The zero-order valence-electron chi connectivity index (χ0n) is 12.0. The van der Waals surface area contributed by atoms with E-state index in [0.717, 1.165) is 11.4 Å². The van der Waals surface area contributed by atoms with Crippen molar-refractivity contribution in [1.82, 2.24) is 4.57 Å². The predicted octanol–water partition coefficient (Wildman–Crippen LogP) is 4.88. The van der Waals surface area contributed by atoms with Crippen molar-refractivity contribution in [3.8, 4) is 0 Å². The van der Waals surface area contributed by atoms with Gasteiger partial charge in [0.1, 0.15) is 5.82 Å². The average Bonchev–Trinajstić information content (AvgIpc) is 2.67. The minimum absolute atomic E-state index is 0.933. The third-order valence-corrected chi connectivity index (χ3v) is 2.92. The molecule has 0 unspecified atom stereocenters. The molecule has 0 radical (unpaired) electrons. The predicted molar refractivity (Wildman–Crippen MR) is 82.9 cm³/mol. The molecule has 2 nitrogen and oxygen atoms in total. The molecular formula is C16H22N2. The topological polar surface area (TPSA) is 17.3 Å². The van der Waals surface area contributed by atoms with Gasteiger partial charge in [0.25, 0.3) is 0 Å². The lowest BCUT2D eigenvalue weighted by Gasteiger charge is -1.98. The maximum atomic E-state index is 4.13. The number of allylic oxidation sites excluding steroid dienone is 1. The Morgan fingerprint density at radius 3 is 2.50 bits per heavy atom. The van der Waals surface area contributed by atoms with Crippen LogP contribution in [0.25, 0.3) is 17.0 Å². The summed E-state index contributed by atoms with van der Waals surface area (Å²) in [5, 5.41) is 1.27. The fourth-order valence-corrected chi connectivity index (χ4v) is 2.20. The second-order valence-electron chi connectivity index (χ2n) is 3.92. The number of hydrogen-bond donors (Lipinski definition) is 0. The van der Waals surface area contributed by atoms with Gasteiger partial charge in [-0.15, -0.1) is 0 Å². The van der Waals surface area contributed by atoms with Gasteiger partial charge >= 0.3 is 0 Å². The van der Waals surface area contributed by atoms with Gasteiger partial charge in [0.05, 0.1) is 5.52 Å². The van der Waals surface area contributed by atoms with Crippen LogP contribution in [0.15, 0.2) is 29.3 Å². The number of aryl methyl sites for hydroxylation is 2. The number of nitrogens with zero attached hydrogens (tertiary/aromatic N) is 2. The van der Waals surface area contributed by atoms with Crippen LogP contribution in [0.1, 0.15) is 31.9 Å². The third-order valence-electron chi connectivity index (χ3n) is 2.92. The van der Waals surface area contributed by atoms with E-state index in [4.69, 9.17) is 0 Å². The molecule has 0 N–H and O–H groups in total. The highest BCUT2D eigenvalue weighted by molar-refractivity contribution is 5.97. The van der Waals surface area contributed by atoms with Crippen molar-refractivity contribution in [3.63, 3.8) is 0 Å². The molecular weight excluding hydrogens is 220 g/mol. The number of benzene rings is 1. The Bertz CT molecular complexity index is 574. The van der Waals surface area contributed by atoms with E-state index in [1.165, 1.54) is 16.5 Å². The van der Waals surface area contributed by atoms with Crippen molar-refractivity contribution < 1.29 is 0 Å². The van der Waals surface area contributed by atoms with Crippen LogP contribution in [0.3, 0.4) is 0 Å². The number of aromatic nitrogens is 1. The summed E-state index contributed by atoms with van der Waals surface area (Å²) in [6.07, 6.45) is 4.13. The van der Waals surface area contributed by atoms with E-state index in [1.54, 1.807) is 0 Å². The molecule has 1 aromatic carbocycles. The highest BCUT2D eigenvalue weighted by Gasteiger charge is 2.12. The van der Waals surface area contributed by atoms with Gasteiger partial charge in [0, 0.05) is 18.0 Å². The average molecular weight is 242 g/mol. The summed E-state index contributed by atoms with van der Waals surface area (Å²) < 4.78 is 2.09. The fraction of sp³-hybridized carbons (Fsp3) is 0.312. The van der Waals surface area contributed by atoms with Gasteiger partial charge in [-0.1, -0.05) is 38.1 Å². The van der Waals surface area contributed by atoms with Crippen LogP contribution in [0, 0.1) is 6.92 Å². The van der Waals surface area contributed by atoms with Gasteiger partial charge in [-0.05, 0) is 32.2 Å². The monoisotopic (exact) mass is 242 g/mol. The van der Waals surface area contributed by atoms with Gasteiger partial charge in [-0.3, -0.25) is 0 Å². The van der Waals surface area contributed by atoms with Crippen LogP contribution in [0.5, 0.6) is 0 Å². The summed E-state index contributed by atoms with van der Waals surface area (Å²) in [6, 6.07) is 6.32. The first-order chi connectivity index (χ1) is 8.70. The molecule has 0 aliphatic heterocycles. The van der Waals surface area contributed by atoms with E-state index in [0.29, 0.717) is 0 Å². The van der Waals surface area contributed by atoms with Crippen LogP contribution in [-0.2, 0) is 7.05 Å². The van der Waals surface area contributed by atoms with E-state index in [1.807, 2.05) is 33.9 Å². The fourth-order valence-electron chi connectivity index (χ4n) is 2.20. The maximum Gasteiger partial charge on any atom is 0.139 e. The van der Waals surface area contributed by atoms with Gasteiger partial charge < -0.3 is 4.57 Å². The summed E-state index contributed by atoms with van der Waals surface area (Å²) in [5.41, 5.74) is 3.64. The summed E-state index contributed by atoms with van der Waals surface area (Å²) in [5.74, 6) is 0.933. The molecule has 0 aliphatic carbocycles. The third kappa shape index (κ3) is 2.23. The van der Waals surface area contributed by atoms with Gasteiger partial charge in [-0.2, -0.15) is 0 Å². The molecule has 96 valence electrons. The largest absolute Gasteiger partial charge is 0.328 e. The Morgan fingerprint density at radius 2 is 1.94 bits per heavy atom. The molecule has 18 heavy (non-hydrogen) atoms. The smallest absolute Gasteiger partial charge is 0.139 e. The zero-order chi connectivity index (χ0) is 13.7. The summed E-state index contributed by atoms with van der Waals surface area (Å²) in [7, 11) is 2.03. The van der Waals surface area contributed by atoms with Gasteiger partial charge in [-0.25, -0.2) is 4.99 Å². The van der Waals surface area contributed by atoms with Crippen LogP contribution in [-0.4, -0.2) is 11.3 Å². The first-order valence-corrected chi connectivity index (χ1v) is 6.38. The van der Waals surface area contributed by atoms with Gasteiger partial charge in [0.15, 0.2) is 0 Å². The van der Waals surface area contributed by atoms with Gasteiger partial charge in [0.2, 0.25) is 0 Å². The highest BCUT2D eigenvalue weighted by atomic mass is 15.0. The first-order valence-electron chi connectivity index (χ1n) is 6.38. The first kappa shape index (κ1) is 14.2. The maximum absolute atomic E-state index is 4.13. The molecule has 0 saturated carbocycles. The Hall–Kier alpha value is -1.83.